The Hall–Kier alpha value is -0.740. The summed E-state index contributed by atoms with van der Waals surface area (Å²) in [4.78, 5) is 13.1. The minimum atomic E-state index is -4.17. The number of ether oxygens (including phenoxy) is 2. The number of phosphoric ester groups is 1. The highest BCUT2D eigenvalue weighted by Gasteiger charge is 2.24. The normalized spacial score (nSPS) is 13.8. The third-order valence-corrected chi connectivity index (χ3v) is 6.98. The first-order chi connectivity index (χ1) is 17.6. The van der Waals surface area contributed by atoms with E-state index in [1.165, 1.54) is 77.0 Å². The van der Waals surface area contributed by atoms with Gasteiger partial charge in [-0.3, -0.25) is 9.05 Å². The molecule has 212 valence electrons. The van der Waals surface area contributed by atoms with Gasteiger partial charge in [-0.2, -0.15) is 0 Å². The molecular weight excluding hydrogens is 477 g/mol. The monoisotopic (exact) mass is 532 g/mol. The minimum absolute atomic E-state index is 0.0757. The third kappa shape index (κ3) is 26.3. The van der Waals surface area contributed by atoms with Crippen LogP contribution in [0, 0.1) is 6.57 Å². The zero-order valence-electron chi connectivity index (χ0n) is 23.1. The van der Waals surface area contributed by atoms with E-state index >= 15 is 0 Å². The van der Waals surface area contributed by atoms with E-state index in [0.29, 0.717) is 19.8 Å². The van der Waals surface area contributed by atoms with Crippen LogP contribution in [0.2, 0.25) is 0 Å². The predicted molar refractivity (Wildman–Crippen MR) is 150 cm³/mol. The highest BCUT2D eigenvalue weighted by Crippen LogP contribution is 2.43. The number of unbranched alkanes of at least 4 members (excludes halogenated alkanes) is 15. The molecular formula is C28H55NO6P+. The zero-order chi connectivity index (χ0) is 26.6. The van der Waals surface area contributed by atoms with Crippen molar-refractivity contribution in [3.8, 4) is 6.57 Å². The summed E-state index contributed by atoms with van der Waals surface area (Å²) in [6.07, 6.45) is 22.8. The molecule has 0 heterocycles. The molecule has 0 spiro atoms. The molecule has 0 saturated carbocycles. The summed E-state index contributed by atoms with van der Waals surface area (Å²) >= 11 is 0. The molecule has 1 N–H and O–H groups in total. The molecule has 36 heavy (non-hydrogen) atoms. The Bertz CT molecular complexity index is 569. The molecule has 0 aromatic carbocycles. The van der Waals surface area contributed by atoms with Gasteiger partial charge in [0.1, 0.15) is 12.7 Å². The molecule has 8 heteroatoms. The van der Waals surface area contributed by atoms with Gasteiger partial charge >= 0.3 is 7.82 Å². The summed E-state index contributed by atoms with van der Waals surface area (Å²) in [5, 5.41) is 0. The fourth-order valence-electron chi connectivity index (χ4n) is 3.82. The van der Waals surface area contributed by atoms with Crippen molar-refractivity contribution in [1.82, 2.24) is 0 Å². The lowest BCUT2D eigenvalue weighted by molar-refractivity contribution is -0.0441. The van der Waals surface area contributed by atoms with Crippen LogP contribution >= 0.6 is 7.82 Å². The van der Waals surface area contributed by atoms with Crippen LogP contribution in [0.15, 0.2) is 12.7 Å². The second-order valence-corrected chi connectivity index (χ2v) is 10.9. The minimum Gasteiger partial charge on any atom is -0.379 e. The fourth-order valence-corrected chi connectivity index (χ4v) is 4.56. The van der Waals surface area contributed by atoms with Gasteiger partial charge in [-0.15, -0.1) is 6.58 Å². The topological polar surface area (TPSA) is 78.6 Å². The van der Waals surface area contributed by atoms with Crippen LogP contribution in [0.1, 0.15) is 116 Å². The Morgan fingerprint density at radius 1 is 0.806 bits per heavy atom. The van der Waals surface area contributed by atoms with Crippen molar-refractivity contribution in [3.05, 3.63) is 17.5 Å². The lowest BCUT2D eigenvalue weighted by Crippen LogP contribution is -2.26. The van der Waals surface area contributed by atoms with Crippen LogP contribution in [0.5, 0.6) is 0 Å². The van der Waals surface area contributed by atoms with E-state index in [2.05, 4.69) is 18.3 Å². The molecule has 2 unspecified atom stereocenters. The standard InChI is InChI=1S/C28H54NO6P/c1-4-6-8-10-11-12-13-14-15-16-17-18-19-20-23-32-26-28(33-24-21-9-7-5-2)27-35-36(30,31)34-25-22-29-3/h3,5,28H,2,4,6-27H2,1H3/p+1. The molecule has 0 fully saturated rings. The molecule has 0 bridgehead atoms. The van der Waals surface area contributed by atoms with E-state index < -0.39 is 13.9 Å². The van der Waals surface area contributed by atoms with Gasteiger partial charge in [-0.25, -0.2) is 4.57 Å². The molecule has 0 aromatic rings. The van der Waals surface area contributed by atoms with Gasteiger partial charge in [0.05, 0.1) is 13.2 Å². The van der Waals surface area contributed by atoms with Crippen LogP contribution in [0.25, 0.3) is 4.85 Å². The fraction of sp³-hybridized carbons (Fsp3) is 0.893. The first kappa shape index (κ1) is 35.3. The van der Waals surface area contributed by atoms with E-state index in [9.17, 15) is 9.46 Å². The quantitative estimate of drug-likeness (QED) is 0.0593. The molecule has 0 aliphatic carbocycles. The van der Waals surface area contributed by atoms with Crippen molar-refractivity contribution in [2.45, 2.75) is 122 Å². The Kier molecular flexibility index (Phi) is 26.7. The van der Waals surface area contributed by atoms with E-state index in [4.69, 9.17) is 25.1 Å². The molecule has 2 atom stereocenters. The van der Waals surface area contributed by atoms with Gasteiger partial charge in [0.25, 0.3) is 13.1 Å². The second kappa shape index (κ2) is 27.3. The number of phosphoric acid groups is 1. The predicted octanol–water partition coefficient (Wildman–Crippen LogP) is 8.32. The molecule has 0 rings (SSSR count). The summed E-state index contributed by atoms with van der Waals surface area (Å²) in [6, 6.07) is 0. The Labute approximate surface area is 221 Å². The summed E-state index contributed by atoms with van der Waals surface area (Å²) in [5.74, 6) is 0. The maximum atomic E-state index is 12.0. The number of rotatable bonds is 29. The molecule has 0 aliphatic rings. The van der Waals surface area contributed by atoms with Gasteiger partial charge < -0.3 is 14.4 Å². The average molecular weight is 533 g/mol. The lowest BCUT2D eigenvalue weighted by atomic mass is 10.0. The number of hydrogen-bond acceptors (Lipinski definition) is 5. The van der Waals surface area contributed by atoms with E-state index in [-0.39, 0.29) is 19.8 Å². The highest BCUT2D eigenvalue weighted by atomic mass is 31.2. The maximum absolute atomic E-state index is 12.0. The molecule has 0 aliphatic heterocycles. The van der Waals surface area contributed by atoms with Crippen LogP contribution in [0.3, 0.4) is 0 Å². The van der Waals surface area contributed by atoms with Crippen molar-refractivity contribution in [2.75, 3.05) is 39.6 Å². The van der Waals surface area contributed by atoms with Crippen molar-refractivity contribution in [1.29, 1.82) is 0 Å². The van der Waals surface area contributed by atoms with Gasteiger partial charge in [-0.1, -0.05) is 101 Å². The largest absolute Gasteiger partial charge is 0.472 e. The lowest BCUT2D eigenvalue weighted by Gasteiger charge is -2.19. The summed E-state index contributed by atoms with van der Waals surface area (Å²) in [7, 11) is -4.17. The van der Waals surface area contributed by atoms with Gasteiger partial charge in [0.15, 0.2) is 0 Å². The summed E-state index contributed by atoms with van der Waals surface area (Å²) < 4.78 is 33.5. The maximum Gasteiger partial charge on any atom is 0.472 e. The molecule has 0 amide bonds. The van der Waals surface area contributed by atoms with Crippen LogP contribution < -0.4 is 0 Å². The van der Waals surface area contributed by atoms with Gasteiger partial charge in [0.2, 0.25) is 0 Å². The van der Waals surface area contributed by atoms with E-state index in [1.807, 2.05) is 6.08 Å². The molecule has 0 saturated heterocycles. The van der Waals surface area contributed by atoms with E-state index in [1.54, 1.807) is 0 Å². The van der Waals surface area contributed by atoms with Crippen molar-refractivity contribution < 1.29 is 28.0 Å². The van der Waals surface area contributed by atoms with Crippen LogP contribution in [-0.4, -0.2) is 50.6 Å². The number of allylic oxidation sites excluding steroid dienone is 1. The van der Waals surface area contributed by atoms with Gasteiger partial charge in [-0.05, 0) is 25.7 Å². The molecule has 0 aromatic heterocycles. The Balaban J connectivity index is 3.85. The van der Waals surface area contributed by atoms with Crippen molar-refractivity contribution in [2.24, 2.45) is 0 Å². The summed E-state index contributed by atoms with van der Waals surface area (Å²) in [5.41, 5.74) is 0. The smallest absolute Gasteiger partial charge is 0.379 e. The van der Waals surface area contributed by atoms with Crippen molar-refractivity contribution >= 4 is 7.82 Å². The Morgan fingerprint density at radius 3 is 1.92 bits per heavy atom. The Morgan fingerprint density at radius 2 is 1.36 bits per heavy atom. The SMILES string of the molecule is C#[N+]CCOP(=O)(O)OCC(COCCCCCCCCCCCCCCCC)OCCCCC=C. The molecule has 7 nitrogen and oxygen atoms in total. The van der Waals surface area contributed by atoms with Crippen LogP contribution in [-0.2, 0) is 23.1 Å². The average Bonchev–Trinajstić information content (AvgIpc) is 2.86. The molecule has 0 radical (unpaired) electrons. The number of nitrogens with zero attached hydrogens (tertiary/aromatic N) is 1. The highest BCUT2D eigenvalue weighted by molar-refractivity contribution is 7.47. The third-order valence-electron chi connectivity index (χ3n) is 6.00. The number of hydrogen-bond donors (Lipinski definition) is 1. The first-order valence-electron chi connectivity index (χ1n) is 14.3. The first-order valence-corrected chi connectivity index (χ1v) is 15.8. The summed E-state index contributed by atoms with van der Waals surface area (Å²) in [6.45, 7) is 12.5. The zero-order valence-corrected chi connectivity index (χ0v) is 24.0. The van der Waals surface area contributed by atoms with Gasteiger partial charge in [0, 0.05) is 13.2 Å². The second-order valence-electron chi connectivity index (χ2n) is 9.45. The van der Waals surface area contributed by atoms with E-state index in [0.717, 1.165) is 32.1 Å². The van der Waals surface area contributed by atoms with Crippen molar-refractivity contribution in [3.63, 3.8) is 0 Å². The van der Waals surface area contributed by atoms with Crippen LogP contribution in [0.4, 0.5) is 0 Å².